The largest absolute Gasteiger partial charge is 0.356 e. The van der Waals surface area contributed by atoms with Gasteiger partial charge in [-0.05, 0) is 80.6 Å². The highest BCUT2D eigenvalue weighted by molar-refractivity contribution is 5.93. The monoisotopic (exact) mass is 437 g/mol. The van der Waals surface area contributed by atoms with E-state index in [1.165, 1.54) is 27.8 Å². The Morgan fingerprint density at radius 2 is 1.67 bits per heavy atom. The van der Waals surface area contributed by atoms with E-state index in [0.717, 1.165) is 65.8 Å². The smallest absolute Gasteiger partial charge is 0.128 e. The minimum atomic E-state index is 0.728. The molecule has 3 aromatic heterocycles. The van der Waals surface area contributed by atoms with Gasteiger partial charge in [-0.1, -0.05) is 19.1 Å². The molecule has 1 saturated heterocycles. The van der Waals surface area contributed by atoms with Crippen LogP contribution < -0.4 is 10.2 Å². The lowest BCUT2D eigenvalue weighted by Gasteiger charge is -2.21. The number of fused-ring (bicyclic) bond motifs is 2. The van der Waals surface area contributed by atoms with E-state index in [2.05, 4.69) is 90.3 Å². The molecule has 2 fully saturated rings. The normalized spacial score (nSPS) is 21.6. The first-order valence-electron chi connectivity index (χ1n) is 12.0. The number of rotatable bonds is 5. The highest BCUT2D eigenvalue weighted by atomic mass is 15.3. The van der Waals surface area contributed by atoms with Gasteiger partial charge in [-0.2, -0.15) is 0 Å². The van der Waals surface area contributed by atoms with Crippen LogP contribution in [-0.2, 0) is 0 Å². The lowest BCUT2D eigenvalue weighted by atomic mass is 10.0. The van der Waals surface area contributed by atoms with E-state index in [4.69, 9.17) is 4.98 Å². The van der Waals surface area contributed by atoms with Crippen molar-refractivity contribution in [3.8, 4) is 22.4 Å². The van der Waals surface area contributed by atoms with E-state index in [0.29, 0.717) is 0 Å². The maximum absolute atomic E-state index is 4.82. The molecule has 1 saturated carbocycles. The van der Waals surface area contributed by atoms with E-state index in [1.807, 2.05) is 6.20 Å². The van der Waals surface area contributed by atoms with Crippen molar-refractivity contribution in [1.29, 1.82) is 0 Å². The van der Waals surface area contributed by atoms with Crippen LogP contribution in [-0.4, -0.2) is 40.6 Å². The molecule has 1 aliphatic heterocycles. The summed E-state index contributed by atoms with van der Waals surface area (Å²) in [4.78, 5) is 15.4. The van der Waals surface area contributed by atoms with Crippen molar-refractivity contribution in [3.63, 3.8) is 0 Å². The molecule has 1 aliphatic carbocycles. The molecule has 5 heteroatoms. The summed E-state index contributed by atoms with van der Waals surface area (Å²) < 4.78 is 0. The quantitative estimate of drug-likeness (QED) is 0.447. The second-order valence-electron chi connectivity index (χ2n) is 9.75. The fourth-order valence-corrected chi connectivity index (χ4v) is 5.78. The molecule has 4 aromatic rings. The number of benzene rings is 1. The number of hydrogen-bond donors (Lipinski definition) is 2. The van der Waals surface area contributed by atoms with E-state index in [9.17, 15) is 0 Å². The zero-order valence-corrected chi connectivity index (χ0v) is 19.8. The highest BCUT2D eigenvalue weighted by Gasteiger charge is 2.55. The molecule has 3 atom stereocenters. The topological polar surface area (TPSA) is 56.8 Å². The third-order valence-corrected chi connectivity index (χ3v) is 7.47. The van der Waals surface area contributed by atoms with Crippen molar-refractivity contribution in [2.45, 2.75) is 33.7 Å². The maximum atomic E-state index is 4.82. The first kappa shape index (κ1) is 20.4. The average Bonchev–Trinajstić information content (AvgIpc) is 3.12. The molecule has 0 spiro atoms. The summed E-state index contributed by atoms with van der Waals surface area (Å²) in [7, 11) is 0. The minimum Gasteiger partial charge on any atom is -0.356 e. The van der Waals surface area contributed by atoms with Crippen LogP contribution in [0.4, 0.5) is 5.82 Å². The summed E-state index contributed by atoms with van der Waals surface area (Å²) in [6, 6.07) is 16.1. The molecule has 1 aromatic carbocycles. The van der Waals surface area contributed by atoms with Gasteiger partial charge in [0.2, 0.25) is 0 Å². The van der Waals surface area contributed by atoms with E-state index < -0.39 is 0 Å². The summed E-state index contributed by atoms with van der Waals surface area (Å²) in [5.41, 5.74) is 9.23. The molecule has 6 rings (SSSR count). The van der Waals surface area contributed by atoms with Crippen LogP contribution in [0.3, 0.4) is 0 Å². The number of hydrogen-bond acceptors (Lipinski definition) is 4. The average molecular weight is 438 g/mol. The predicted octanol–water partition coefficient (Wildman–Crippen LogP) is 5.26. The Morgan fingerprint density at radius 3 is 2.33 bits per heavy atom. The lowest BCUT2D eigenvalue weighted by molar-refractivity contribution is 0.609. The zero-order valence-electron chi connectivity index (χ0n) is 19.8. The summed E-state index contributed by atoms with van der Waals surface area (Å²) >= 11 is 0. The molecule has 2 N–H and O–H groups in total. The fraction of sp³-hybridized carbons (Fsp3) is 0.357. The molecule has 0 unspecified atom stereocenters. The van der Waals surface area contributed by atoms with Gasteiger partial charge in [-0.15, -0.1) is 0 Å². The van der Waals surface area contributed by atoms with Gasteiger partial charge in [0.1, 0.15) is 5.82 Å². The predicted molar refractivity (Wildman–Crippen MR) is 136 cm³/mol. The van der Waals surface area contributed by atoms with Crippen LogP contribution in [0, 0.1) is 32.6 Å². The zero-order chi connectivity index (χ0) is 22.7. The molecule has 0 bridgehead atoms. The van der Waals surface area contributed by atoms with E-state index >= 15 is 0 Å². The molecule has 5 nitrogen and oxygen atoms in total. The van der Waals surface area contributed by atoms with Gasteiger partial charge in [0.05, 0.1) is 0 Å². The highest BCUT2D eigenvalue weighted by Crippen LogP contribution is 2.46. The van der Waals surface area contributed by atoms with E-state index in [1.54, 1.807) is 0 Å². The van der Waals surface area contributed by atoms with Crippen molar-refractivity contribution in [2.75, 3.05) is 24.5 Å². The molecular weight excluding hydrogens is 406 g/mol. The second kappa shape index (κ2) is 7.70. The van der Waals surface area contributed by atoms with Gasteiger partial charge < -0.3 is 15.2 Å². The van der Waals surface area contributed by atoms with Gasteiger partial charge >= 0.3 is 0 Å². The Labute approximate surface area is 195 Å². The van der Waals surface area contributed by atoms with Gasteiger partial charge in [0.25, 0.3) is 0 Å². The molecule has 0 amide bonds. The summed E-state index contributed by atoms with van der Waals surface area (Å²) in [6.07, 6.45) is 2.02. The van der Waals surface area contributed by atoms with Crippen molar-refractivity contribution >= 4 is 16.7 Å². The Hall–Kier alpha value is -3.18. The Morgan fingerprint density at radius 1 is 0.939 bits per heavy atom. The van der Waals surface area contributed by atoms with Crippen LogP contribution in [0.15, 0.2) is 48.7 Å². The van der Waals surface area contributed by atoms with Gasteiger partial charge in [0.15, 0.2) is 0 Å². The number of aromatic nitrogens is 3. The standard InChI is InChI=1S/C28H31N5/c1-5-29-28-23-14-33(15-24(23)28)26-9-7-20(13-30-26)19-6-8-22-18(4)27(32-25(22)12-19)21-10-16(2)31-17(3)11-21/h6-13,23-24,28-29,32H,5,14-15H2,1-4H3/t23-,24+,28+. The number of H-pyrrole nitrogens is 1. The number of aromatic amines is 1. The number of piperidine rings is 1. The first-order chi connectivity index (χ1) is 16.0. The third-order valence-electron chi connectivity index (χ3n) is 7.47. The number of nitrogens with one attached hydrogen (secondary N) is 2. The molecule has 168 valence electrons. The number of aryl methyl sites for hydroxylation is 3. The van der Waals surface area contributed by atoms with Crippen molar-refractivity contribution in [3.05, 3.63) is 65.6 Å². The third kappa shape index (κ3) is 3.51. The van der Waals surface area contributed by atoms with E-state index in [-0.39, 0.29) is 0 Å². The molecule has 4 heterocycles. The van der Waals surface area contributed by atoms with Gasteiger partial charge in [0, 0.05) is 64.4 Å². The van der Waals surface area contributed by atoms with Gasteiger partial charge in [-0.3, -0.25) is 4.98 Å². The lowest BCUT2D eigenvalue weighted by Crippen LogP contribution is -2.31. The molecule has 2 aliphatic rings. The number of pyridine rings is 2. The van der Waals surface area contributed by atoms with Crippen LogP contribution in [0.5, 0.6) is 0 Å². The summed E-state index contributed by atoms with van der Waals surface area (Å²) in [5, 5.41) is 4.87. The van der Waals surface area contributed by atoms with Crippen molar-refractivity contribution < 1.29 is 0 Å². The number of nitrogens with zero attached hydrogens (tertiary/aromatic N) is 3. The SMILES string of the molecule is CCN[C@H]1[C@@H]2CN(c3ccc(-c4ccc5c(C)c(-c6cc(C)nc(C)c6)[nH]c5c4)cn3)C[C@@H]21. The maximum Gasteiger partial charge on any atom is 0.128 e. The fourth-order valence-electron chi connectivity index (χ4n) is 5.78. The molecule has 0 radical (unpaired) electrons. The summed E-state index contributed by atoms with van der Waals surface area (Å²) in [5.74, 6) is 2.70. The van der Waals surface area contributed by atoms with Crippen LogP contribution >= 0.6 is 0 Å². The van der Waals surface area contributed by atoms with Crippen molar-refractivity contribution in [1.82, 2.24) is 20.3 Å². The van der Waals surface area contributed by atoms with Crippen LogP contribution in [0.25, 0.3) is 33.3 Å². The van der Waals surface area contributed by atoms with Crippen LogP contribution in [0.1, 0.15) is 23.9 Å². The second-order valence-corrected chi connectivity index (χ2v) is 9.75. The Balaban J connectivity index is 1.25. The minimum absolute atomic E-state index is 0.728. The molecular formula is C28H31N5. The van der Waals surface area contributed by atoms with Gasteiger partial charge in [-0.25, -0.2) is 4.98 Å². The van der Waals surface area contributed by atoms with Crippen LogP contribution in [0.2, 0.25) is 0 Å². The number of anilines is 1. The Kier molecular flexibility index (Phi) is 4.77. The van der Waals surface area contributed by atoms with Crippen molar-refractivity contribution in [2.24, 2.45) is 11.8 Å². The summed E-state index contributed by atoms with van der Waals surface area (Å²) in [6.45, 7) is 11.8. The first-order valence-corrected chi connectivity index (χ1v) is 12.0. The molecule has 33 heavy (non-hydrogen) atoms. The Bertz CT molecular complexity index is 1300.